The molecule has 6 nitrogen and oxygen atoms in total. The highest BCUT2D eigenvalue weighted by Crippen LogP contribution is 2.23. The molecular formula is C16H20N6. The molecule has 0 spiro atoms. The topological polar surface area (TPSA) is 94.0 Å². The maximum absolute atomic E-state index is 5.60. The van der Waals surface area contributed by atoms with E-state index >= 15 is 0 Å². The lowest BCUT2D eigenvalue weighted by molar-refractivity contribution is 0.286. The van der Waals surface area contributed by atoms with E-state index in [1.807, 2.05) is 0 Å². The van der Waals surface area contributed by atoms with Crippen molar-refractivity contribution >= 4 is 17.5 Å². The average molecular weight is 296 g/mol. The molecule has 6 heteroatoms. The highest BCUT2D eigenvalue weighted by atomic mass is 15.2. The number of hydrogen-bond donors (Lipinski definition) is 2. The molecule has 1 aromatic carbocycles. The largest absolute Gasteiger partial charge is 0.368 e. The molecule has 3 rings (SSSR count). The smallest absolute Gasteiger partial charge is 0.225 e. The molecular weight excluding hydrogens is 276 g/mol. The normalized spacial score (nSPS) is 15.6. The Kier molecular flexibility index (Phi) is 4.02. The Morgan fingerprint density at radius 1 is 1.05 bits per heavy atom. The first-order chi connectivity index (χ1) is 10.6. The summed E-state index contributed by atoms with van der Waals surface area (Å²) in [5, 5.41) is 0. The summed E-state index contributed by atoms with van der Waals surface area (Å²) in [6.07, 6.45) is 3.28. The van der Waals surface area contributed by atoms with Crippen molar-refractivity contribution in [3.8, 4) is 0 Å². The summed E-state index contributed by atoms with van der Waals surface area (Å²) in [7, 11) is 0. The van der Waals surface area contributed by atoms with E-state index in [1.165, 1.54) is 16.7 Å². The number of rotatable bonds is 3. The van der Waals surface area contributed by atoms with Gasteiger partial charge in [-0.05, 0) is 24.5 Å². The summed E-state index contributed by atoms with van der Waals surface area (Å²) < 4.78 is 0. The van der Waals surface area contributed by atoms with E-state index in [9.17, 15) is 0 Å². The van der Waals surface area contributed by atoms with Crippen LogP contribution in [-0.4, -0.2) is 32.9 Å². The summed E-state index contributed by atoms with van der Waals surface area (Å²) in [5.41, 5.74) is 15.2. The van der Waals surface area contributed by atoms with Crippen LogP contribution in [0, 0.1) is 6.92 Å². The highest BCUT2D eigenvalue weighted by molar-refractivity contribution is 5.66. The number of nitrogen functional groups attached to an aromatic ring is 2. The van der Waals surface area contributed by atoms with Crippen LogP contribution in [0.25, 0.3) is 5.57 Å². The fourth-order valence-corrected chi connectivity index (χ4v) is 2.61. The van der Waals surface area contributed by atoms with Gasteiger partial charge in [0.15, 0.2) is 0 Å². The Labute approximate surface area is 129 Å². The van der Waals surface area contributed by atoms with Crippen LogP contribution >= 0.6 is 0 Å². The van der Waals surface area contributed by atoms with Crippen molar-refractivity contribution in [1.29, 1.82) is 0 Å². The maximum Gasteiger partial charge on any atom is 0.225 e. The van der Waals surface area contributed by atoms with E-state index in [1.54, 1.807) is 0 Å². The predicted octanol–water partition coefficient (Wildman–Crippen LogP) is 1.63. The summed E-state index contributed by atoms with van der Waals surface area (Å²) >= 11 is 0. The van der Waals surface area contributed by atoms with Gasteiger partial charge < -0.3 is 11.5 Å². The molecule has 1 aromatic heterocycles. The number of nitrogens with two attached hydrogens (primary N) is 2. The van der Waals surface area contributed by atoms with Gasteiger partial charge in [0.05, 0.1) is 6.54 Å². The van der Waals surface area contributed by atoms with Gasteiger partial charge in [-0.2, -0.15) is 15.0 Å². The van der Waals surface area contributed by atoms with Crippen LogP contribution in [0.4, 0.5) is 11.9 Å². The van der Waals surface area contributed by atoms with Crippen LogP contribution in [-0.2, 0) is 6.54 Å². The van der Waals surface area contributed by atoms with Crippen molar-refractivity contribution < 1.29 is 0 Å². The third-order valence-electron chi connectivity index (χ3n) is 3.80. The Balaban J connectivity index is 1.66. The van der Waals surface area contributed by atoms with Crippen molar-refractivity contribution in [3.05, 3.63) is 47.3 Å². The van der Waals surface area contributed by atoms with E-state index in [0.717, 1.165) is 19.5 Å². The Bertz CT molecular complexity index is 672. The van der Waals surface area contributed by atoms with E-state index in [-0.39, 0.29) is 11.9 Å². The van der Waals surface area contributed by atoms with Gasteiger partial charge in [-0.25, -0.2) is 0 Å². The van der Waals surface area contributed by atoms with Gasteiger partial charge >= 0.3 is 0 Å². The molecule has 0 saturated heterocycles. The van der Waals surface area contributed by atoms with Crippen LogP contribution in [0.15, 0.2) is 30.3 Å². The Hall–Kier alpha value is -2.47. The first-order valence-corrected chi connectivity index (χ1v) is 7.34. The average Bonchev–Trinajstić information content (AvgIpc) is 2.48. The minimum absolute atomic E-state index is 0.176. The van der Waals surface area contributed by atoms with E-state index in [2.05, 4.69) is 57.1 Å². The van der Waals surface area contributed by atoms with Gasteiger partial charge in [0, 0.05) is 13.1 Å². The number of aromatic nitrogens is 3. The second kappa shape index (κ2) is 6.11. The lowest BCUT2D eigenvalue weighted by Gasteiger charge is -2.25. The van der Waals surface area contributed by atoms with Gasteiger partial charge in [-0.1, -0.05) is 35.9 Å². The molecule has 1 aliphatic rings. The van der Waals surface area contributed by atoms with E-state index in [4.69, 9.17) is 11.5 Å². The fourth-order valence-electron chi connectivity index (χ4n) is 2.61. The Morgan fingerprint density at radius 3 is 2.32 bits per heavy atom. The van der Waals surface area contributed by atoms with Gasteiger partial charge in [0.2, 0.25) is 11.9 Å². The van der Waals surface area contributed by atoms with Crippen LogP contribution in [0.2, 0.25) is 0 Å². The van der Waals surface area contributed by atoms with Gasteiger partial charge in [-0.3, -0.25) is 4.90 Å². The van der Waals surface area contributed by atoms with Crippen LogP contribution < -0.4 is 11.5 Å². The summed E-state index contributed by atoms with van der Waals surface area (Å²) in [6, 6.07) is 8.67. The highest BCUT2D eigenvalue weighted by Gasteiger charge is 2.15. The molecule has 0 amide bonds. The molecule has 0 unspecified atom stereocenters. The monoisotopic (exact) mass is 296 g/mol. The quantitative estimate of drug-likeness (QED) is 0.894. The van der Waals surface area contributed by atoms with Crippen LogP contribution in [0.1, 0.15) is 23.4 Å². The SMILES string of the molecule is Cc1ccc(C2=CCN(Cc3nc(N)nc(N)n3)CC2)cc1. The van der Waals surface area contributed by atoms with Gasteiger partial charge in [-0.15, -0.1) is 0 Å². The number of benzene rings is 1. The molecule has 1 aliphatic heterocycles. The first kappa shape index (κ1) is 14.5. The third-order valence-corrected chi connectivity index (χ3v) is 3.80. The molecule has 0 radical (unpaired) electrons. The zero-order chi connectivity index (χ0) is 15.5. The van der Waals surface area contributed by atoms with Crippen molar-refractivity contribution in [2.75, 3.05) is 24.6 Å². The minimum Gasteiger partial charge on any atom is -0.368 e. The number of nitrogens with zero attached hydrogens (tertiary/aromatic N) is 4. The third kappa shape index (κ3) is 3.40. The second-order valence-electron chi connectivity index (χ2n) is 5.55. The molecule has 22 heavy (non-hydrogen) atoms. The lowest BCUT2D eigenvalue weighted by Crippen LogP contribution is -2.29. The zero-order valence-electron chi connectivity index (χ0n) is 12.7. The summed E-state index contributed by atoms with van der Waals surface area (Å²) in [5.74, 6) is 0.975. The molecule has 114 valence electrons. The van der Waals surface area contributed by atoms with Gasteiger partial charge in [0.1, 0.15) is 5.82 Å². The lowest BCUT2D eigenvalue weighted by atomic mass is 9.98. The molecule has 0 fully saturated rings. The van der Waals surface area contributed by atoms with Crippen molar-refractivity contribution in [3.63, 3.8) is 0 Å². The molecule has 4 N–H and O–H groups in total. The molecule has 2 heterocycles. The van der Waals surface area contributed by atoms with Crippen LogP contribution in [0.5, 0.6) is 0 Å². The Morgan fingerprint density at radius 2 is 1.73 bits per heavy atom. The minimum atomic E-state index is 0.176. The molecule has 0 aliphatic carbocycles. The molecule has 0 bridgehead atoms. The van der Waals surface area contributed by atoms with E-state index in [0.29, 0.717) is 12.4 Å². The standard InChI is InChI=1S/C16H20N6/c1-11-2-4-12(5-3-11)13-6-8-22(9-7-13)10-14-19-15(17)21-16(18)20-14/h2-6H,7-10H2,1H3,(H4,17,18,19,20,21). The second-order valence-corrected chi connectivity index (χ2v) is 5.55. The maximum atomic E-state index is 5.60. The number of anilines is 2. The molecule has 0 atom stereocenters. The first-order valence-electron chi connectivity index (χ1n) is 7.34. The molecule has 2 aromatic rings. The fraction of sp³-hybridized carbons (Fsp3) is 0.312. The van der Waals surface area contributed by atoms with Crippen LogP contribution in [0.3, 0.4) is 0 Å². The summed E-state index contributed by atoms with van der Waals surface area (Å²) in [6.45, 7) is 4.57. The zero-order valence-corrected chi connectivity index (χ0v) is 12.7. The van der Waals surface area contributed by atoms with Crippen molar-refractivity contribution in [1.82, 2.24) is 19.9 Å². The van der Waals surface area contributed by atoms with E-state index < -0.39 is 0 Å². The summed E-state index contributed by atoms with van der Waals surface area (Å²) in [4.78, 5) is 14.3. The van der Waals surface area contributed by atoms with Crippen molar-refractivity contribution in [2.24, 2.45) is 0 Å². The predicted molar refractivity (Wildman–Crippen MR) is 87.7 cm³/mol. The van der Waals surface area contributed by atoms with Gasteiger partial charge in [0.25, 0.3) is 0 Å². The molecule has 0 saturated carbocycles. The number of hydrogen-bond acceptors (Lipinski definition) is 6. The van der Waals surface area contributed by atoms with Crippen molar-refractivity contribution in [2.45, 2.75) is 19.9 Å². The number of aryl methyl sites for hydroxylation is 1.